The molecule has 0 aromatic heterocycles. The van der Waals surface area contributed by atoms with Crippen LogP contribution >= 0.6 is 0 Å². The van der Waals surface area contributed by atoms with Gasteiger partial charge in [-0.3, -0.25) is 0 Å². The average Bonchev–Trinajstić information content (AvgIpc) is 1.80. The van der Waals surface area contributed by atoms with Crippen LogP contribution in [0.25, 0.3) is 0 Å². The Balaban J connectivity index is 3.16. The molecule has 0 aliphatic carbocycles. The molecule has 1 aliphatic heterocycles. The molecule has 0 aromatic carbocycles. The molecule has 0 atom stereocenters. The van der Waals surface area contributed by atoms with Crippen molar-refractivity contribution in [3.63, 3.8) is 0 Å². The Hall–Kier alpha value is -0.300. The Bertz CT molecular complexity index is 244. The highest BCUT2D eigenvalue weighted by Crippen LogP contribution is 2.45. The minimum atomic E-state index is -0.112. The summed E-state index contributed by atoms with van der Waals surface area (Å²) in [5.41, 5.74) is 1.25. The van der Waals surface area contributed by atoms with Gasteiger partial charge in [0, 0.05) is 5.41 Å². The maximum atomic E-state index is 6.12. The molecule has 76 valence electrons. The first-order chi connectivity index (χ1) is 5.58. The first-order valence-corrected chi connectivity index (χ1v) is 4.99. The van der Waals surface area contributed by atoms with Gasteiger partial charge in [-0.25, -0.2) is 0 Å². The van der Waals surface area contributed by atoms with E-state index in [2.05, 4.69) is 54.5 Å². The molecule has 1 heteroatoms. The Labute approximate surface area is 82.2 Å². The van der Waals surface area contributed by atoms with E-state index in [0.29, 0.717) is 0 Å². The molecular weight excluding hydrogens is 160 g/mol. The summed E-state index contributed by atoms with van der Waals surface area (Å²) in [5.74, 6) is 0. The standard InChI is InChI=1S/C12H22O/c1-9-8-10(2,3)12(6,7)13-11(9,4)5/h8H,1-7H3. The van der Waals surface area contributed by atoms with E-state index < -0.39 is 0 Å². The van der Waals surface area contributed by atoms with Gasteiger partial charge < -0.3 is 4.74 Å². The van der Waals surface area contributed by atoms with Gasteiger partial charge in [0.15, 0.2) is 0 Å². The summed E-state index contributed by atoms with van der Waals surface area (Å²) >= 11 is 0. The fourth-order valence-electron chi connectivity index (χ4n) is 1.74. The Morgan fingerprint density at radius 1 is 1.00 bits per heavy atom. The molecule has 0 spiro atoms. The summed E-state index contributed by atoms with van der Waals surface area (Å²) in [4.78, 5) is 0. The molecule has 0 aromatic rings. The van der Waals surface area contributed by atoms with E-state index >= 15 is 0 Å². The van der Waals surface area contributed by atoms with Crippen molar-refractivity contribution in [3.05, 3.63) is 11.6 Å². The third-order valence-electron chi connectivity index (χ3n) is 3.59. The highest BCUT2D eigenvalue weighted by Gasteiger charge is 2.45. The number of ether oxygens (including phenoxy) is 1. The van der Waals surface area contributed by atoms with Gasteiger partial charge >= 0.3 is 0 Å². The van der Waals surface area contributed by atoms with Crippen molar-refractivity contribution in [2.24, 2.45) is 5.41 Å². The van der Waals surface area contributed by atoms with Crippen LogP contribution in [0.3, 0.4) is 0 Å². The molecule has 0 fully saturated rings. The molecule has 1 aliphatic rings. The molecule has 13 heavy (non-hydrogen) atoms. The van der Waals surface area contributed by atoms with Crippen molar-refractivity contribution in [2.75, 3.05) is 0 Å². The zero-order valence-corrected chi connectivity index (χ0v) is 9.99. The Morgan fingerprint density at radius 3 is 1.85 bits per heavy atom. The zero-order valence-electron chi connectivity index (χ0n) is 9.99. The van der Waals surface area contributed by atoms with Crippen molar-refractivity contribution in [1.29, 1.82) is 0 Å². The highest BCUT2D eigenvalue weighted by molar-refractivity contribution is 5.22. The fourth-order valence-corrected chi connectivity index (χ4v) is 1.74. The first-order valence-electron chi connectivity index (χ1n) is 4.99. The van der Waals surface area contributed by atoms with Crippen LogP contribution in [0.2, 0.25) is 0 Å². The van der Waals surface area contributed by atoms with Gasteiger partial charge in [0.05, 0.1) is 11.2 Å². The average molecular weight is 182 g/mol. The van der Waals surface area contributed by atoms with Gasteiger partial charge in [0.1, 0.15) is 0 Å². The van der Waals surface area contributed by atoms with Crippen molar-refractivity contribution in [2.45, 2.75) is 59.7 Å². The summed E-state index contributed by atoms with van der Waals surface area (Å²) in [6.45, 7) is 15.2. The Morgan fingerprint density at radius 2 is 1.46 bits per heavy atom. The van der Waals surface area contributed by atoms with Crippen molar-refractivity contribution in [3.8, 4) is 0 Å². The van der Waals surface area contributed by atoms with Crippen LogP contribution in [0.1, 0.15) is 48.5 Å². The molecule has 0 unspecified atom stereocenters. The predicted octanol–water partition coefficient (Wildman–Crippen LogP) is 3.55. The molecule has 1 heterocycles. The second-order valence-electron chi connectivity index (χ2n) is 5.67. The van der Waals surface area contributed by atoms with Crippen LogP contribution in [0.5, 0.6) is 0 Å². The smallest absolute Gasteiger partial charge is 0.0840 e. The van der Waals surface area contributed by atoms with Crippen molar-refractivity contribution in [1.82, 2.24) is 0 Å². The molecule has 0 N–H and O–H groups in total. The molecular formula is C12H22O. The fraction of sp³-hybridized carbons (Fsp3) is 0.833. The minimum Gasteiger partial charge on any atom is -0.364 e. The molecule has 0 saturated carbocycles. The molecule has 0 bridgehead atoms. The SMILES string of the molecule is CC1=CC(C)(C)C(C)(C)OC1(C)C. The molecule has 1 rings (SSSR count). The summed E-state index contributed by atoms with van der Waals surface area (Å²) in [5, 5.41) is 0. The molecule has 0 saturated heterocycles. The number of hydrogen-bond acceptors (Lipinski definition) is 1. The molecule has 0 radical (unpaired) electrons. The number of hydrogen-bond donors (Lipinski definition) is 0. The largest absolute Gasteiger partial charge is 0.364 e. The molecule has 0 amide bonds. The quantitative estimate of drug-likeness (QED) is 0.521. The lowest BCUT2D eigenvalue weighted by Gasteiger charge is -2.50. The Kier molecular flexibility index (Phi) is 2.16. The van der Waals surface area contributed by atoms with Crippen LogP contribution in [-0.2, 0) is 4.74 Å². The minimum absolute atomic E-state index is 0.0873. The maximum absolute atomic E-state index is 6.12. The van der Waals surface area contributed by atoms with Gasteiger partial charge in [-0.05, 0) is 40.2 Å². The topological polar surface area (TPSA) is 9.23 Å². The second kappa shape index (κ2) is 2.60. The van der Waals surface area contributed by atoms with Crippen LogP contribution < -0.4 is 0 Å². The summed E-state index contributed by atoms with van der Waals surface area (Å²) in [6.07, 6.45) is 2.34. The van der Waals surface area contributed by atoms with E-state index in [1.165, 1.54) is 5.57 Å². The van der Waals surface area contributed by atoms with Crippen LogP contribution in [0, 0.1) is 5.41 Å². The monoisotopic (exact) mass is 182 g/mol. The van der Waals surface area contributed by atoms with Crippen molar-refractivity contribution < 1.29 is 4.74 Å². The third kappa shape index (κ3) is 1.67. The summed E-state index contributed by atoms with van der Waals surface area (Å²) < 4.78 is 6.12. The van der Waals surface area contributed by atoms with E-state index in [1.54, 1.807) is 0 Å². The third-order valence-corrected chi connectivity index (χ3v) is 3.59. The first kappa shape index (κ1) is 10.8. The normalized spacial score (nSPS) is 29.6. The van der Waals surface area contributed by atoms with Crippen LogP contribution in [-0.4, -0.2) is 11.2 Å². The predicted molar refractivity (Wildman–Crippen MR) is 56.8 cm³/mol. The van der Waals surface area contributed by atoms with E-state index in [-0.39, 0.29) is 16.6 Å². The van der Waals surface area contributed by atoms with Crippen LogP contribution in [0.4, 0.5) is 0 Å². The van der Waals surface area contributed by atoms with Gasteiger partial charge in [-0.1, -0.05) is 19.9 Å². The lowest BCUT2D eigenvalue weighted by atomic mass is 9.71. The van der Waals surface area contributed by atoms with Gasteiger partial charge in [0.2, 0.25) is 0 Å². The second-order valence-corrected chi connectivity index (χ2v) is 5.67. The van der Waals surface area contributed by atoms with Crippen LogP contribution in [0.15, 0.2) is 11.6 Å². The summed E-state index contributed by atoms with van der Waals surface area (Å²) in [6, 6.07) is 0. The van der Waals surface area contributed by atoms with Gasteiger partial charge in [-0.15, -0.1) is 0 Å². The van der Waals surface area contributed by atoms with Crippen molar-refractivity contribution >= 4 is 0 Å². The highest BCUT2D eigenvalue weighted by atomic mass is 16.5. The van der Waals surface area contributed by atoms with E-state index in [1.807, 2.05) is 0 Å². The van der Waals surface area contributed by atoms with Gasteiger partial charge in [0.25, 0.3) is 0 Å². The number of rotatable bonds is 0. The maximum Gasteiger partial charge on any atom is 0.0840 e. The van der Waals surface area contributed by atoms with E-state index in [9.17, 15) is 0 Å². The lowest BCUT2D eigenvalue weighted by molar-refractivity contribution is -0.159. The summed E-state index contributed by atoms with van der Waals surface area (Å²) in [7, 11) is 0. The lowest BCUT2D eigenvalue weighted by Crippen LogP contribution is -2.51. The van der Waals surface area contributed by atoms with E-state index in [4.69, 9.17) is 4.74 Å². The zero-order chi connectivity index (χ0) is 10.5. The van der Waals surface area contributed by atoms with Gasteiger partial charge in [-0.2, -0.15) is 0 Å². The molecule has 1 nitrogen and oxygen atoms in total. The van der Waals surface area contributed by atoms with E-state index in [0.717, 1.165) is 0 Å².